The van der Waals surface area contributed by atoms with Crippen molar-refractivity contribution in [1.29, 1.82) is 0 Å². The number of nitrogen functional groups attached to an aromatic ring is 1. The fourth-order valence-electron chi connectivity index (χ4n) is 3.08. The molecular weight excluding hydrogens is 298 g/mol. The molecule has 1 saturated heterocycles. The molecule has 23 heavy (non-hydrogen) atoms. The molecule has 2 rings (SSSR count). The van der Waals surface area contributed by atoms with Gasteiger partial charge in [-0.2, -0.15) is 0 Å². The van der Waals surface area contributed by atoms with E-state index in [-0.39, 0.29) is 34.9 Å². The first kappa shape index (κ1) is 17.2. The Hall–Kier alpha value is -2.15. The van der Waals surface area contributed by atoms with Crippen LogP contribution in [0, 0.1) is 22.5 Å². The summed E-state index contributed by atoms with van der Waals surface area (Å²) in [5.74, 6) is -0.281. The zero-order valence-electron chi connectivity index (χ0n) is 13.5. The van der Waals surface area contributed by atoms with Crippen LogP contribution >= 0.6 is 0 Å². The molecule has 1 aliphatic heterocycles. The van der Waals surface area contributed by atoms with Gasteiger partial charge in [0.1, 0.15) is 5.69 Å². The monoisotopic (exact) mass is 321 g/mol. The highest BCUT2D eigenvalue weighted by Crippen LogP contribution is 2.35. The molecule has 1 amide bonds. The lowest BCUT2D eigenvalue weighted by molar-refractivity contribution is -0.384. The summed E-state index contributed by atoms with van der Waals surface area (Å²) in [4.78, 5) is 24.9. The second-order valence-corrected chi connectivity index (χ2v) is 6.31. The molecule has 1 aromatic rings. The van der Waals surface area contributed by atoms with Gasteiger partial charge in [0.25, 0.3) is 11.6 Å². The molecule has 0 unspecified atom stereocenters. The molecule has 1 heterocycles. The van der Waals surface area contributed by atoms with E-state index in [9.17, 15) is 20.0 Å². The Labute approximate surface area is 135 Å². The predicted octanol–water partition coefficient (Wildman–Crippen LogP) is 2.11. The SMILES string of the molecule is CCC1(CO)CCN(C(=O)c2cc(C)cc([N+](=O)[O-])c2N)CC1. The minimum Gasteiger partial charge on any atom is -0.396 e. The van der Waals surface area contributed by atoms with Gasteiger partial charge >= 0.3 is 0 Å². The van der Waals surface area contributed by atoms with Crippen molar-refractivity contribution in [1.82, 2.24) is 4.90 Å². The molecule has 0 saturated carbocycles. The van der Waals surface area contributed by atoms with Gasteiger partial charge in [-0.25, -0.2) is 0 Å². The lowest BCUT2D eigenvalue weighted by Gasteiger charge is -2.40. The smallest absolute Gasteiger partial charge is 0.293 e. The third-order valence-corrected chi connectivity index (χ3v) is 4.93. The summed E-state index contributed by atoms with van der Waals surface area (Å²) in [7, 11) is 0. The van der Waals surface area contributed by atoms with Crippen molar-refractivity contribution in [2.24, 2.45) is 5.41 Å². The van der Waals surface area contributed by atoms with Gasteiger partial charge in [0.2, 0.25) is 0 Å². The van der Waals surface area contributed by atoms with E-state index in [2.05, 4.69) is 0 Å². The molecule has 0 aromatic heterocycles. The van der Waals surface area contributed by atoms with E-state index >= 15 is 0 Å². The van der Waals surface area contributed by atoms with Gasteiger partial charge in [0.15, 0.2) is 0 Å². The molecule has 126 valence electrons. The third kappa shape index (κ3) is 3.29. The number of carbonyl (C=O) groups is 1. The van der Waals surface area contributed by atoms with Crippen molar-refractivity contribution in [2.45, 2.75) is 33.1 Å². The number of nitro benzene ring substituents is 1. The molecule has 1 aromatic carbocycles. The highest BCUT2D eigenvalue weighted by atomic mass is 16.6. The average molecular weight is 321 g/mol. The van der Waals surface area contributed by atoms with Crippen LogP contribution in [-0.2, 0) is 0 Å². The van der Waals surface area contributed by atoms with E-state index in [4.69, 9.17) is 5.73 Å². The molecule has 0 radical (unpaired) electrons. The Bertz CT molecular complexity index is 616. The zero-order valence-corrected chi connectivity index (χ0v) is 13.5. The fraction of sp³-hybridized carbons (Fsp3) is 0.562. The number of hydrogen-bond acceptors (Lipinski definition) is 5. The summed E-state index contributed by atoms with van der Waals surface area (Å²) < 4.78 is 0. The standard InChI is InChI=1S/C16H23N3O4/c1-3-16(10-20)4-6-18(7-5-16)15(21)12-8-11(2)9-13(14(12)17)19(22)23/h8-9,20H,3-7,10,17H2,1-2H3. The van der Waals surface area contributed by atoms with Crippen LogP contribution < -0.4 is 5.73 Å². The van der Waals surface area contributed by atoms with Crippen LogP contribution in [0.15, 0.2) is 12.1 Å². The summed E-state index contributed by atoms with van der Waals surface area (Å²) in [5.41, 5.74) is 6.21. The number of hydrogen-bond donors (Lipinski definition) is 2. The van der Waals surface area contributed by atoms with E-state index < -0.39 is 4.92 Å². The van der Waals surface area contributed by atoms with Crippen molar-refractivity contribution in [2.75, 3.05) is 25.4 Å². The van der Waals surface area contributed by atoms with E-state index in [0.717, 1.165) is 19.3 Å². The number of amides is 1. The van der Waals surface area contributed by atoms with Gasteiger partial charge < -0.3 is 15.7 Å². The van der Waals surface area contributed by atoms with Crippen LogP contribution in [-0.4, -0.2) is 40.5 Å². The van der Waals surface area contributed by atoms with Crippen molar-refractivity contribution in [3.8, 4) is 0 Å². The summed E-state index contributed by atoms with van der Waals surface area (Å²) in [6.45, 7) is 4.90. The second kappa shape index (κ2) is 6.54. The van der Waals surface area contributed by atoms with Crippen LogP contribution in [0.25, 0.3) is 0 Å². The molecule has 0 aliphatic carbocycles. The molecule has 0 bridgehead atoms. The average Bonchev–Trinajstić information content (AvgIpc) is 2.55. The maximum atomic E-state index is 12.7. The highest BCUT2D eigenvalue weighted by Gasteiger charge is 2.35. The molecule has 0 atom stereocenters. The van der Waals surface area contributed by atoms with Crippen LogP contribution in [0.5, 0.6) is 0 Å². The van der Waals surface area contributed by atoms with Crippen molar-refractivity contribution in [3.63, 3.8) is 0 Å². The maximum Gasteiger partial charge on any atom is 0.293 e. The number of aryl methyl sites for hydroxylation is 1. The minimum absolute atomic E-state index is 0.0833. The summed E-state index contributed by atoms with van der Waals surface area (Å²) >= 11 is 0. The topological polar surface area (TPSA) is 110 Å². The number of nitrogens with two attached hydrogens (primary N) is 1. The normalized spacial score (nSPS) is 17.1. The Morgan fingerprint density at radius 1 is 1.43 bits per heavy atom. The van der Waals surface area contributed by atoms with Gasteiger partial charge in [-0.1, -0.05) is 6.92 Å². The predicted molar refractivity (Wildman–Crippen MR) is 87.2 cm³/mol. The van der Waals surface area contributed by atoms with Gasteiger partial charge in [0.05, 0.1) is 10.5 Å². The number of aliphatic hydroxyl groups excluding tert-OH is 1. The second-order valence-electron chi connectivity index (χ2n) is 6.31. The van der Waals surface area contributed by atoms with Crippen LogP contribution in [0.1, 0.15) is 42.1 Å². The van der Waals surface area contributed by atoms with Crippen LogP contribution in [0.3, 0.4) is 0 Å². The number of nitrogens with zero attached hydrogens (tertiary/aromatic N) is 2. The van der Waals surface area contributed by atoms with Gasteiger partial charge in [-0.15, -0.1) is 0 Å². The number of piperidine rings is 1. The van der Waals surface area contributed by atoms with Crippen LogP contribution in [0.4, 0.5) is 11.4 Å². The number of benzene rings is 1. The summed E-state index contributed by atoms with van der Waals surface area (Å²) in [5, 5.41) is 20.6. The number of nitro groups is 1. The van der Waals surface area contributed by atoms with Gasteiger partial charge in [-0.3, -0.25) is 14.9 Å². The molecular formula is C16H23N3O4. The Morgan fingerprint density at radius 3 is 2.52 bits per heavy atom. The third-order valence-electron chi connectivity index (χ3n) is 4.93. The number of rotatable bonds is 4. The quantitative estimate of drug-likeness (QED) is 0.501. The number of carbonyl (C=O) groups excluding carboxylic acids is 1. The highest BCUT2D eigenvalue weighted by molar-refractivity contribution is 6.01. The lowest BCUT2D eigenvalue weighted by atomic mass is 9.77. The summed E-state index contributed by atoms with van der Waals surface area (Å²) in [6.07, 6.45) is 2.31. The van der Waals surface area contributed by atoms with Crippen molar-refractivity contribution >= 4 is 17.3 Å². The molecule has 1 fully saturated rings. The first-order valence-electron chi connectivity index (χ1n) is 7.78. The first-order valence-corrected chi connectivity index (χ1v) is 7.78. The van der Waals surface area contributed by atoms with E-state index in [1.165, 1.54) is 6.07 Å². The minimum atomic E-state index is -0.566. The maximum absolute atomic E-state index is 12.7. The largest absolute Gasteiger partial charge is 0.396 e. The Balaban J connectivity index is 2.24. The van der Waals surface area contributed by atoms with E-state index in [0.29, 0.717) is 18.7 Å². The molecule has 7 nitrogen and oxygen atoms in total. The van der Waals surface area contributed by atoms with Crippen molar-refractivity contribution < 1.29 is 14.8 Å². The molecule has 0 spiro atoms. The number of aliphatic hydroxyl groups is 1. The number of likely N-dealkylation sites (tertiary alicyclic amines) is 1. The van der Waals surface area contributed by atoms with Gasteiger partial charge in [0, 0.05) is 25.8 Å². The first-order chi connectivity index (χ1) is 10.8. The lowest BCUT2D eigenvalue weighted by Crippen LogP contribution is -2.44. The van der Waals surface area contributed by atoms with Crippen LogP contribution in [0.2, 0.25) is 0 Å². The summed E-state index contributed by atoms with van der Waals surface area (Å²) in [6, 6.07) is 2.97. The Morgan fingerprint density at radius 2 is 2.04 bits per heavy atom. The number of anilines is 1. The zero-order chi connectivity index (χ0) is 17.2. The van der Waals surface area contributed by atoms with E-state index in [1.54, 1.807) is 17.9 Å². The molecule has 1 aliphatic rings. The molecule has 7 heteroatoms. The van der Waals surface area contributed by atoms with Gasteiger partial charge in [-0.05, 0) is 43.2 Å². The van der Waals surface area contributed by atoms with E-state index in [1.807, 2.05) is 6.92 Å². The fourth-order valence-corrected chi connectivity index (χ4v) is 3.08. The Kier molecular flexibility index (Phi) is 4.89. The molecule has 3 N–H and O–H groups in total. The van der Waals surface area contributed by atoms with Crippen molar-refractivity contribution in [3.05, 3.63) is 33.4 Å².